The first-order valence-corrected chi connectivity index (χ1v) is 11.0. The van der Waals surface area contributed by atoms with E-state index in [0.29, 0.717) is 16.8 Å². The van der Waals surface area contributed by atoms with Crippen molar-refractivity contribution < 1.29 is 18.7 Å². The van der Waals surface area contributed by atoms with Gasteiger partial charge < -0.3 is 19.9 Å². The van der Waals surface area contributed by atoms with Gasteiger partial charge in [0.25, 0.3) is 5.91 Å². The first-order valence-electron chi connectivity index (χ1n) is 11.0. The average molecular weight is 464 g/mol. The van der Waals surface area contributed by atoms with E-state index in [2.05, 4.69) is 5.32 Å². The zero-order valence-corrected chi connectivity index (χ0v) is 20.0. The molecule has 178 valence electrons. The summed E-state index contributed by atoms with van der Waals surface area (Å²) in [6.07, 6.45) is 0. The lowest BCUT2D eigenvalue weighted by molar-refractivity contribution is -0.119. The van der Waals surface area contributed by atoms with Gasteiger partial charge in [-0.1, -0.05) is 29.8 Å². The van der Waals surface area contributed by atoms with Crippen molar-refractivity contribution in [3.63, 3.8) is 0 Å². The van der Waals surface area contributed by atoms with Crippen LogP contribution in [-0.4, -0.2) is 44.5 Å². The number of anilines is 2. The largest absolute Gasteiger partial charge is 0.377 e. The van der Waals surface area contributed by atoms with Crippen molar-refractivity contribution in [1.29, 1.82) is 0 Å². The van der Waals surface area contributed by atoms with Crippen molar-refractivity contribution in [1.82, 2.24) is 4.90 Å². The lowest BCUT2D eigenvalue weighted by atomic mass is 10.1. The van der Waals surface area contributed by atoms with Crippen LogP contribution in [0.5, 0.6) is 0 Å². The van der Waals surface area contributed by atoms with Gasteiger partial charge in [-0.25, -0.2) is 4.39 Å². The maximum absolute atomic E-state index is 13.9. The van der Waals surface area contributed by atoms with Crippen molar-refractivity contribution in [2.75, 3.05) is 38.0 Å². The maximum atomic E-state index is 13.9. The van der Waals surface area contributed by atoms with Crippen LogP contribution in [0.3, 0.4) is 0 Å². The molecule has 0 radical (unpaired) electrons. The summed E-state index contributed by atoms with van der Waals surface area (Å²) in [5.74, 6) is -0.776. The zero-order chi connectivity index (χ0) is 24.7. The summed E-state index contributed by atoms with van der Waals surface area (Å²) in [6, 6.07) is 19.2. The van der Waals surface area contributed by atoms with Crippen LogP contribution in [-0.2, 0) is 22.6 Å². The Morgan fingerprint density at radius 1 is 0.971 bits per heavy atom. The van der Waals surface area contributed by atoms with Crippen molar-refractivity contribution >= 4 is 23.2 Å². The second kappa shape index (κ2) is 11.4. The second-order valence-electron chi connectivity index (χ2n) is 8.38. The number of aryl methyl sites for hydroxylation is 1. The lowest BCUT2D eigenvalue weighted by Gasteiger charge is -2.27. The Hall–Kier alpha value is -3.71. The van der Waals surface area contributed by atoms with Crippen LogP contribution in [0.2, 0.25) is 0 Å². The number of carbonyl (C=O) groups is 2. The van der Waals surface area contributed by atoms with Gasteiger partial charge >= 0.3 is 0 Å². The molecule has 0 unspecified atom stereocenters. The van der Waals surface area contributed by atoms with E-state index in [1.165, 1.54) is 19.2 Å². The Balaban J connectivity index is 1.98. The van der Waals surface area contributed by atoms with Crippen molar-refractivity contribution in [3.8, 4) is 0 Å². The fraction of sp³-hybridized carbons (Fsp3) is 0.259. The van der Waals surface area contributed by atoms with E-state index >= 15 is 0 Å². The molecule has 3 aromatic rings. The van der Waals surface area contributed by atoms with Gasteiger partial charge in [0.15, 0.2) is 0 Å². The highest BCUT2D eigenvalue weighted by Crippen LogP contribution is 2.26. The summed E-state index contributed by atoms with van der Waals surface area (Å²) in [4.78, 5) is 29.2. The van der Waals surface area contributed by atoms with Crippen molar-refractivity contribution in [2.24, 2.45) is 0 Å². The molecule has 0 fully saturated rings. The standard InChI is InChI=1S/C27H30FN3O3/c1-19-7-5-9-21(13-19)27(33)31(16-20-8-6-10-23(28)14-20)17-22-15-24(29-26(32)18-34-4)11-12-25(22)30(2)3/h5-15H,16-18H2,1-4H3,(H,29,32). The molecule has 0 aromatic heterocycles. The molecule has 2 amide bonds. The Labute approximate surface area is 200 Å². The predicted octanol–water partition coefficient (Wildman–Crippen LogP) is 4.63. The van der Waals surface area contributed by atoms with Crippen LogP contribution in [0.25, 0.3) is 0 Å². The summed E-state index contributed by atoms with van der Waals surface area (Å²) in [6.45, 7) is 2.38. The highest BCUT2D eigenvalue weighted by Gasteiger charge is 2.20. The highest BCUT2D eigenvalue weighted by atomic mass is 19.1. The number of rotatable bonds is 9. The van der Waals surface area contributed by atoms with E-state index in [4.69, 9.17) is 4.74 Å². The number of nitrogens with one attached hydrogen (secondary N) is 1. The van der Waals surface area contributed by atoms with E-state index in [1.54, 1.807) is 23.1 Å². The topological polar surface area (TPSA) is 61.9 Å². The number of halogens is 1. The van der Waals surface area contributed by atoms with Crippen LogP contribution in [0.15, 0.2) is 66.7 Å². The van der Waals surface area contributed by atoms with Gasteiger partial charge in [-0.05, 0) is 60.5 Å². The highest BCUT2D eigenvalue weighted by molar-refractivity contribution is 5.94. The molecule has 0 aliphatic heterocycles. The number of amides is 2. The smallest absolute Gasteiger partial charge is 0.254 e. The minimum atomic E-state index is -0.350. The summed E-state index contributed by atoms with van der Waals surface area (Å²) in [5.41, 5.74) is 4.60. The summed E-state index contributed by atoms with van der Waals surface area (Å²) >= 11 is 0. The number of hydrogen-bond acceptors (Lipinski definition) is 4. The molecule has 3 aromatic carbocycles. The van der Waals surface area contributed by atoms with Gasteiger partial charge in [0, 0.05) is 51.2 Å². The number of methoxy groups -OCH3 is 1. The molecule has 0 aliphatic carbocycles. The van der Waals surface area contributed by atoms with E-state index in [9.17, 15) is 14.0 Å². The van der Waals surface area contributed by atoms with Crippen LogP contribution in [0.4, 0.5) is 15.8 Å². The Morgan fingerprint density at radius 2 is 1.74 bits per heavy atom. The number of nitrogens with zero attached hydrogens (tertiary/aromatic N) is 2. The fourth-order valence-corrected chi connectivity index (χ4v) is 3.78. The number of hydrogen-bond donors (Lipinski definition) is 1. The van der Waals surface area contributed by atoms with Gasteiger partial charge in [0.1, 0.15) is 12.4 Å². The van der Waals surface area contributed by atoms with Gasteiger partial charge in [-0.15, -0.1) is 0 Å². The monoisotopic (exact) mass is 463 g/mol. The number of benzene rings is 3. The molecule has 0 atom stereocenters. The number of ether oxygens (including phenoxy) is 1. The van der Waals surface area contributed by atoms with Crippen LogP contribution in [0.1, 0.15) is 27.0 Å². The summed E-state index contributed by atoms with van der Waals surface area (Å²) in [7, 11) is 5.30. The molecule has 0 saturated carbocycles. The van der Waals surface area contributed by atoms with Gasteiger partial charge in [0.05, 0.1) is 0 Å². The molecule has 1 N–H and O–H groups in total. The molecule has 0 saturated heterocycles. The summed E-state index contributed by atoms with van der Waals surface area (Å²) in [5, 5.41) is 2.81. The minimum absolute atomic E-state index is 0.0533. The summed E-state index contributed by atoms with van der Waals surface area (Å²) < 4.78 is 18.8. The molecule has 6 nitrogen and oxygen atoms in total. The third-order valence-corrected chi connectivity index (χ3v) is 5.30. The first kappa shape index (κ1) is 24.9. The van der Waals surface area contributed by atoms with Gasteiger partial charge in [-0.2, -0.15) is 0 Å². The molecule has 0 bridgehead atoms. The average Bonchev–Trinajstić information content (AvgIpc) is 2.78. The quantitative estimate of drug-likeness (QED) is 0.503. The minimum Gasteiger partial charge on any atom is -0.377 e. The molecule has 34 heavy (non-hydrogen) atoms. The second-order valence-corrected chi connectivity index (χ2v) is 8.38. The van der Waals surface area contributed by atoms with Crippen molar-refractivity contribution in [3.05, 3.63) is 94.8 Å². The predicted molar refractivity (Wildman–Crippen MR) is 132 cm³/mol. The fourth-order valence-electron chi connectivity index (χ4n) is 3.78. The third-order valence-electron chi connectivity index (χ3n) is 5.30. The molecular weight excluding hydrogens is 433 g/mol. The molecule has 0 aliphatic rings. The van der Waals surface area contributed by atoms with Crippen LogP contribution >= 0.6 is 0 Å². The zero-order valence-electron chi connectivity index (χ0n) is 20.0. The molecule has 0 spiro atoms. The first-order chi connectivity index (χ1) is 16.3. The van der Waals surface area contributed by atoms with Gasteiger partial charge in [0.2, 0.25) is 5.91 Å². The molecule has 7 heteroatoms. The van der Waals surface area contributed by atoms with E-state index in [1.807, 2.05) is 62.3 Å². The van der Waals surface area contributed by atoms with E-state index < -0.39 is 0 Å². The molecule has 3 rings (SSSR count). The normalized spacial score (nSPS) is 10.6. The maximum Gasteiger partial charge on any atom is 0.254 e. The van der Waals surface area contributed by atoms with Crippen LogP contribution < -0.4 is 10.2 Å². The lowest BCUT2D eigenvalue weighted by Crippen LogP contribution is -2.31. The Bertz CT molecular complexity index is 1160. The Kier molecular flexibility index (Phi) is 8.38. The molecular formula is C27H30FN3O3. The van der Waals surface area contributed by atoms with Crippen LogP contribution in [0, 0.1) is 12.7 Å². The molecule has 0 heterocycles. The SMILES string of the molecule is COCC(=O)Nc1ccc(N(C)C)c(CN(Cc2cccc(F)c2)C(=O)c2cccc(C)c2)c1. The third kappa shape index (κ3) is 6.65. The number of carbonyl (C=O) groups excluding carboxylic acids is 2. The Morgan fingerprint density at radius 3 is 2.41 bits per heavy atom. The van der Waals surface area contributed by atoms with E-state index in [0.717, 1.165) is 16.8 Å². The van der Waals surface area contributed by atoms with E-state index in [-0.39, 0.29) is 37.3 Å². The van der Waals surface area contributed by atoms with Crippen molar-refractivity contribution in [2.45, 2.75) is 20.0 Å². The van der Waals surface area contributed by atoms with Gasteiger partial charge in [-0.3, -0.25) is 9.59 Å².